The van der Waals surface area contributed by atoms with Gasteiger partial charge in [-0.3, -0.25) is 4.90 Å². The van der Waals surface area contributed by atoms with Crippen LogP contribution in [-0.4, -0.2) is 68.9 Å². The van der Waals surface area contributed by atoms with Crippen molar-refractivity contribution in [2.75, 3.05) is 59.0 Å². The Morgan fingerprint density at radius 3 is 2.41 bits per heavy atom. The largest absolute Gasteiger partial charge is 0.493 e. The van der Waals surface area contributed by atoms with Gasteiger partial charge in [-0.15, -0.1) is 0 Å². The van der Waals surface area contributed by atoms with E-state index in [9.17, 15) is 0 Å². The summed E-state index contributed by atoms with van der Waals surface area (Å²) in [5.74, 6) is 3.28. The molecule has 1 fully saturated rings. The molecule has 0 saturated carbocycles. The number of H-pyrrole nitrogens is 1. The Morgan fingerprint density at radius 1 is 0.966 bits per heavy atom. The molecule has 0 spiro atoms. The second-order valence-electron chi connectivity index (χ2n) is 7.17. The summed E-state index contributed by atoms with van der Waals surface area (Å²) in [7, 11) is 5.03. The molecule has 1 N–H and O–H groups in total. The van der Waals surface area contributed by atoms with Crippen LogP contribution in [0.2, 0.25) is 0 Å². The third-order valence-electron chi connectivity index (χ3n) is 5.61. The first-order chi connectivity index (χ1) is 14.2. The number of anilines is 1. The normalized spacial score (nSPS) is 14.9. The third-order valence-corrected chi connectivity index (χ3v) is 5.61. The Morgan fingerprint density at radius 2 is 1.69 bits per heavy atom. The summed E-state index contributed by atoms with van der Waals surface area (Å²) in [5, 5.41) is 1.19. The van der Waals surface area contributed by atoms with Gasteiger partial charge in [-0.05, 0) is 30.2 Å². The van der Waals surface area contributed by atoms with Crippen molar-refractivity contribution < 1.29 is 14.2 Å². The highest BCUT2D eigenvalue weighted by Gasteiger charge is 2.21. The smallest absolute Gasteiger partial charge is 0.171 e. The summed E-state index contributed by atoms with van der Waals surface area (Å²) in [6.45, 7) is 4.95. The standard InChI is InChI=1S/C22H28N4O3/c1-27-19-5-4-7-23-22(19)26-11-9-25(10-12-26)8-6-16-15-24-18-14-21(29-3)20(28-2)13-17(16)18/h4-5,7,13-15,24H,6,8-12H2,1-3H3. The van der Waals surface area contributed by atoms with Gasteiger partial charge in [-0.25, -0.2) is 4.98 Å². The summed E-state index contributed by atoms with van der Waals surface area (Å²) in [4.78, 5) is 12.7. The van der Waals surface area contributed by atoms with Gasteiger partial charge in [0, 0.05) is 62.1 Å². The number of rotatable bonds is 7. The molecule has 0 radical (unpaired) electrons. The van der Waals surface area contributed by atoms with Gasteiger partial charge < -0.3 is 24.1 Å². The summed E-state index contributed by atoms with van der Waals surface area (Å²) in [5.41, 5.74) is 2.37. The Hall–Kier alpha value is -2.93. The lowest BCUT2D eigenvalue weighted by atomic mass is 10.1. The highest BCUT2D eigenvalue weighted by Crippen LogP contribution is 2.33. The molecule has 1 aromatic carbocycles. The lowest BCUT2D eigenvalue weighted by molar-refractivity contribution is 0.259. The van der Waals surface area contributed by atoms with Crippen LogP contribution < -0.4 is 19.1 Å². The second-order valence-corrected chi connectivity index (χ2v) is 7.17. The zero-order valence-corrected chi connectivity index (χ0v) is 17.3. The van der Waals surface area contributed by atoms with Gasteiger partial charge in [0.2, 0.25) is 0 Å². The first-order valence-corrected chi connectivity index (χ1v) is 9.91. The molecule has 1 aliphatic rings. The number of fused-ring (bicyclic) bond motifs is 1. The van der Waals surface area contributed by atoms with Gasteiger partial charge in [0.1, 0.15) is 0 Å². The van der Waals surface area contributed by atoms with E-state index < -0.39 is 0 Å². The summed E-state index contributed by atoms with van der Waals surface area (Å²) < 4.78 is 16.3. The number of ether oxygens (including phenoxy) is 3. The van der Waals surface area contributed by atoms with Crippen LogP contribution in [0.5, 0.6) is 17.2 Å². The molecule has 29 heavy (non-hydrogen) atoms. The number of nitrogens with zero attached hydrogens (tertiary/aromatic N) is 3. The molecule has 7 heteroatoms. The van der Waals surface area contributed by atoms with Gasteiger partial charge >= 0.3 is 0 Å². The molecule has 4 rings (SSSR count). The SMILES string of the molecule is COc1cc2[nH]cc(CCN3CCN(c4ncccc4OC)CC3)c2cc1OC. The Labute approximate surface area is 171 Å². The van der Waals surface area contributed by atoms with Gasteiger partial charge in [-0.2, -0.15) is 0 Å². The highest BCUT2D eigenvalue weighted by molar-refractivity contribution is 5.86. The Kier molecular flexibility index (Phi) is 5.76. The van der Waals surface area contributed by atoms with Crippen molar-refractivity contribution in [1.29, 1.82) is 0 Å². The second kappa shape index (κ2) is 8.61. The van der Waals surface area contributed by atoms with E-state index in [4.69, 9.17) is 14.2 Å². The van der Waals surface area contributed by atoms with Crippen molar-refractivity contribution in [3.05, 3.63) is 42.2 Å². The van der Waals surface area contributed by atoms with Crippen LogP contribution in [0.25, 0.3) is 10.9 Å². The number of methoxy groups -OCH3 is 3. The molecule has 0 aliphatic carbocycles. The maximum Gasteiger partial charge on any atom is 0.171 e. The molecule has 1 saturated heterocycles. The van der Waals surface area contributed by atoms with Crippen LogP contribution in [0.15, 0.2) is 36.7 Å². The van der Waals surface area contributed by atoms with E-state index in [2.05, 4.69) is 32.0 Å². The van der Waals surface area contributed by atoms with Crippen molar-refractivity contribution in [2.24, 2.45) is 0 Å². The predicted octanol–water partition coefficient (Wildman–Crippen LogP) is 2.95. The van der Waals surface area contributed by atoms with Crippen molar-refractivity contribution in [3.8, 4) is 17.2 Å². The van der Waals surface area contributed by atoms with E-state index in [1.54, 1.807) is 21.3 Å². The van der Waals surface area contributed by atoms with Crippen LogP contribution in [0.4, 0.5) is 5.82 Å². The van der Waals surface area contributed by atoms with E-state index in [0.29, 0.717) is 0 Å². The average Bonchev–Trinajstić information content (AvgIpc) is 3.18. The molecule has 154 valence electrons. The summed E-state index contributed by atoms with van der Waals surface area (Å²) >= 11 is 0. The number of nitrogens with one attached hydrogen (secondary N) is 1. The topological polar surface area (TPSA) is 62.9 Å². The minimum atomic E-state index is 0.745. The van der Waals surface area contributed by atoms with Gasteiger partial charge in [0.15, 0.2) is 23.1 Å². The van der Waals surface area contributed by atoms with E-state index in [1.165, 1.54) is 10.9 Å². The van der Waals surface area contributed by atoms with Gasteiger partial charge in [0.25, 0.3) is 0 Å². The lowest BCUT2D eigenvalue weighted by Crippen LogP contribution is -2.47. The van der Waals surface area contributed by atoms with Crippen LogP contribution in [0, 0.1) is 0 Å². The molecule has 0 amide bonds. The maximum absolute atomic E-state index is 5.46. The number of aromatic amines is 1. The fourth-order valence-electron chi connectivity index (χ4n) is 3.95. The zero-order chi connectivity index (χ0) is 20.2. The van der Waals surface area contributed by atoms with E-state index in [-0.39, 0.29) is 0 Å². The molecular formula is C22H28N4O3. The van der Waals surface area contributed by atoms with Crippen LogP contribution in [-0.2, 0) is 6.42 Å². The fraction of sp³-hybridized carbons (Fsp3) is 0.409. The van der Waals surface area contributed by atoms with E-state index >= 15 is 0 Å². The number of hydrogen-bond donors (Lipinski definition) is 1. The van der Waals surface area contributed by atoms with Crippen molar-refractivity contribution in [1.82, 2.24) is 14.9 Å². The van der Waals surface area contributed by atoms with Crippen LogP contribution in [0.3, 0.4) is 0 Å². The third kappa shape index (κ3) is 3.96. The predicted molar refractivity (Wildman–Crippen MR) is 115 cm³/mol. The molecule has 0 atom stereocenters. The quantitative estimate of drug-likeness (QED) is 0.663. The van der Waals surface area contributed by atoms with Gasteiger partial charge in [0.05, 0.1) is 21.3 Å². The number of aromatic nitrogens is 2. The molecule has 7 nitrogen and oxygen atoms in total. The number of benzene rings is 1. The summed E-state index contributed by atoms with van der Waals surface area (Å²) in [6.07, 6.45) is 4.91. The molecular weight excluding hydrogens is 368 g/mol. The first kappa shape index (κ1) is 19.4. The van der Waals surface area contributed by atoms with Crippen molar-refractivity contribution >= 4 is 16.7 Å². The molecule has 0 unspecified atom stereocenters. The molecule has 0 bridgehead atoms. The molecule has 3 heterocycles. The Bertz CT molecular complexity index is 964. The maximum atomic E-state index is 5.46. The van der Waals surface area contributed by atoms with E-state index in [1.807, 2.05) is 24.4 Å². The number of pyridine rings is 1. The van der Waals surface area contributed by atoms with Crippen molar-refractivity contribution in [2.45, 2.75) is 6.42 Å². The highest BCUT2D eigenvalue weighted by atomic mass is 16.5. The zero-order valence-electron chi connectivity index (χ0n) is 17.3. The summed E-state index contributed by atoms with van der Waals surface area (Å²) in [6, 6.07) is 7.93. The first-order valence-electron chi connectivity index (χ1n) is 9.91. The average molecular weight is 396 g/mol. The van der Waals surface area contributed by atoms with Crippen molar-refractivity contribution in [3.63, 3.8) is 0 Å². The van der Waals surface area contributed by atoms with Gasteiger partial charge in [-0.1, -0.05) is 0 Å². The number of hydrogen-bond acceptors (Lipinski definition) is 6. The molecule has 2 aromatic heterocycles. The lowest BCUT2D eigenvalue weighted by Gasteiger charge is -2.35. The minimum absolute atomic E-state index is 0.745. The minimum Gasteiger partial charge on any atom is -0.493 e. The monoisotopic (exact) mass is 396 g/mol. The number of piperazine rings is 1. The van der Waals surface area contributed by atoms with Crippen LogP contribution >= 0.6 is 0 Å². The van der Waals surface area contributed by atoms with E-state index in [0.717, 1.165) is 67.7 Å². The molecule has 1 aliphatic heterocycles. The Balaban J connectivity index is 1.38. The molecule has 3 aromatic rings. The fourth-order valence-corrected chi connectivity index (χ4v) is 3.95. The van der Waals surface area contributed by atoms with Crippen LogP contribution in [0.1, 0.15) is 5.56 Å².